The van der Waals surface area contributed by atoms with Gasteiger partial charge in [0.15, 0.2) is 0 Å². The molecule has 1 saturated carbocycles. The fourth-order valence-electron chi connectivity index (χ4n) is 2.39. The maximum atomic E-state index is 11.3. The highest BCUT2D eigenvalue weighted by molar-refractivity contribution is 9.10. The van der Waals surface area contributed by atoms with Crippen molar-refractivity contribution < 1.29 is 9.90 Å². The Morgan fingerprint density at radius 3 is 2.59 bits per heavy atom. The topological polar surface area (TPSA) is 42.2 Å². The van der Waals surface area contributed by atoms with E-state index < -0.39 is 5.97 Å². The van der Waals surface area contributed by atoms with Crippen LogP contribution in [0.5, 0.6) is 0 Å². The number of carboxylic acids is 1. The summed E-state index contributed by atoms with van der Waals surface area (Å²) >= 11 is 3.49. The maximum absolute atomic E-state index is 11.3. The summed E-state index contributed by atoms with van der Waals surface area (Å²) in [5.74, 6) is -0.449. The molecule has 1 unspecified atom stereocenters. The van der Waals surface area contributed by atoms with Crippen LogP contribution in [0.3, 0.4) is 0 Å². The van der Waals surface area contributed by atoms with Crippen molar-refractivity contribution in [1.82, 2.24) is 4.57 Å². The first-order chi connectivity index (χ1) is 7.99. The number of halogens is 1. The molecule has 1 N–H and O–H groups in total. The molecule has 4 heteroatoms. The summed E-state index contributed by atoms with van der Waals surface area (Å²) in [5.41, 5.74) is 2.49. The van der Waals surface area contributed by atoms with Gasteiger partial charge in [-0.25, -0.2) is 4.79 Å². The van der Waals surface area contributed by atoms with Crippen LogP contribution in [0.25, 0.3) is 0 Å². The summed E-state index contributed by atoms with van der Waals surface area (Å²) in [6, 6.07) is 0.517. The third kappa shape index (κ3) is 2.03. The Bertz CT molecular complexity index is 460. The molecule has 0 radical (unpaired) electrons. The zero-order valence-electron chi connectivity index (χ0n) is 10.5. The quantitative estimate of drug-likeness (QED) is 0.909. The van der Waals surface area contributed by atoms with Crippen LogP contribution in [0, 0.1) is 6.92 Å². The van der Waals surface area contributed by atoms with Crippen LogP contribution in [-0.2, 0) is 0 Å². The van der Waals surface area contributed by atoms with Crippen molar-refractivity contribution in [1.29, 1.82) is 0 Å². The van der Waals surface area contributed by atoms with Gasteiger partial charge in [-0.2, -0.15) is 0 Å². The van der Waals surface area contributed by atoms with Crippen molar-refractivity contribution in [2.24, 2.45) is 0 Å². The maximum Gasteiger partial charge on any atom is 0.338 e. The molecule has 1 aliphatic rings. The zero-order chi connectivity index (χ0) is 12.7. The number of nitrogens with zero attached hydrogens (tertiary/aromatic N) is 1. The fraction of sp³-hybridized carbons (Fsp3) is 0.615. The van der Waals surface area contributed by atoms with Crippen LogP contribution in [0.1, 0.15) is 66.8 Å². The Labute approximate surface area is 110 Å². The Morgan fingerprint density at radius 2 is 2.18 bits per heavy atom. The van der Waals surface area contributed by atoms with Crippen molar-refractivity contribution >= 4 is 21.9 Å². The number of carboxylic acid groups (broad SMARTS) is 1. The van der Waals surface area contributed by atoms with Gasteiger partial charge in [-0.3, -0.25) is 0 Å². The summed E-state index contributed by atoms with van der Waals surface area (Å²) < 4.78 is 3.02. The molecule has 0 spiro atoms. The van der Waals surface area contributed by atoms with Gasteiger partial charge in [0.05, 0.1) is 10.0 Å². The van der Waals surface area contributed by atoms with Crippen molar-refractivity contribution in [3.05, 3.63) is 21.4 Å². The highest BCUT2D eigenvalue weighted by atomic mass is 79.9. The molecule has 1 aliphatic carbocycles. The first kappa shape index (κ1) is 12.7. The molecular weight excluding hydrogens is 282 g/mol. The van der Waals surface area contributed by atoms with Crippen LogP contribution in [0.2, 0.25) is 0 Å². The number of carbonyl (C=O) groups is 1. The number of aromatic carboxylic acids is 1. The molecule has 0 aliphatic heterocycles. The largest absolute Gasteiger partial charge is 0.478 e. The summed E-state index contributed by atoms with van der Waals surface area (Å²) in [6.45, 7) is 6.21. The first-order valence-electron chi connectivity index (χ1n) is 6.12. The Morgan fingerprint density at radius 1 is 1.59 bits per heavy atom. The second kappa shape index (κ2) is 4.48. The van der Waals surface area contributed by atoms with Crippen molar-refractivity contribution in [3.8, 4) is 0 Å². The predicted molar refractivity (Wildman–Crippen MR) is 70.8 cm³/mol. The Kier molecular flexibility index (Phi) is 3.34. The van der Waals surface area contributed by atoms with Crippen LogP contribution in [0.15, 0.2) is 4.47 Å². The van der Waals surface area contributed by atoms with E-state index in [0.29, 0.717) is 17.5 Å². The minimum Gasteiger partial charge on any atom is -0.478 e. The Balaban J connectivity index is 2.62. The number of hydrogen-bond donors (Lipinski definition) is 1. The van der Waals surface area contributed by atoms with Crippen molar-refractivity contribution in [3.63, 3.8) is 0 Å². The second-order valence-corrected chi connectivity index (χ2v) is 5.67. The minimum absolute atomic E-state index is 0.386. The molecule has 1 aromatic heterocycles. The molecular formula is C13H18BrNO2. The Hall–Kier alpha value is -0.770. The van der Waals surface area contributed by atoms with E-state index in [1.165, 1.54) is 12.8 Å². The molecule has 0 aromatic carbocycles. The van der Waals surface area contributed by atoms with Gasteiger partial charge in [-0.15, -0.1) is 0 Å². The predicted octanol–water partition coefficient (Wildman–Crippen LogP) is 4.11. The molecule has 1 aromatic rings. The van der Waals surface area contributed by atoms with E-state index in [-0.39, 0.29) is 0 Å². The molecule has 1 atom stereocenters. The van der Waals surface area contributed by atoms with E-state index in [2.05, 4.69) is 34.3 Å². The lowest BCUT2D eigenvalue weighted by Crippen LogP contribution is -2.06. The molecule has 3 nitrogen and oxygen atoms in total. The second-order valence-electron chi connectivity index (χ2n) is 4.88. The van der Waals surface area contributed by atoms with Gasteiger partial charge in [0.25, 0.3) is 0 Å². The number of aromatic nitrogens is 1. The van der Waals surface area contributed by atoms with Gasteiger partial charge in [0.1, 0.15) is 0 Å². The molecule has 1 heterocycles. The molecule has 17 heavy (non-hydrogen) atoms. The van der Waals surface area contributed by atoms with Gasteiger partial charge in [0.2, 0.25) is 0 Å². The third-order valence-corrected chi connectivity index (χ3v) is 4.43. The summed E-state index contributed by atoms with van der Waals surface area (Å²) in [4.78, 5) is 11.3. The molecule has 1 fully saturated rings. The lowest BCUT2D eigenvalue weighted by molar-refractivity contribution is 0.0695. The molecule has 0 bridgehead atoms. The zero-order valence-corrected chi connectivity index (χ0v) is 12.0. The van der Waals surface area contributed by atoms with Gasteiger partial charge in [-0.1, -0.05) is 13.8 Å². The minimum atomic E-state index is -0.835. The van der Waals surface area contributed by atoms with Crippen LogP contribution in [-0.4, -0.2) is 15.6 Å². The average Bonchev–Trinajstić information content (AvgIpc) is 3.04. The third-order valence-electron chi connectivity index (χ3n) is 3.63. The molecule has 0 saturated heterocycles. The molecule has 2 rings (SSSR count). The summed E-state index contributed by atoms with van der Waals surface area (Å²) in [6.07, 6.45) is 3.36. The lowest BCUT2D eigenvalue weighted by Gasteiger charge is -2.15. The van der Waals surface area contributed by atoms with Crippen LogP contribution >= 0.6 is 15.9 Å². The molecule has 94 valence electrons. The highest BCUT2D eigenvalue weighted by Crippen LogP contribution is 2.44. The van der Waals surface area contributed by atoms with Gasteiger partial charge in [0, 0.05) is 17.4 Å². The van der Waals surface area contributed by atoms with E-state index in [1.807, 2.05) is 6.92 Å². The molecule has 0 amide bonds. The van der Waals surface area contributed by atoms with Crippen LogP contribution < -0.4 is 0 Å². The summed E-state index contributed by atoms with van der Waals surface area (Å²) in [5, 5.41) is 9.30. The van der Waals surface area contributed by atoms with Gasteiger partial charge >= 0.3 is 5.97 Å². The van der Waals surface area contributed by atoms with Gasteiger partial charge in [-0.05, 0) is 48.0 Å². The van der Waals surface area contributed by atoms with E-state index in [1.54, 1.807) is 0 Å². The van der Waals surface area contributed by atoms with Crippen molar-refractivity contribution in [2.75, 3.05) is 0 Å². The van der Waals surface area contributed by atoms with E-state index in [9.17, 15) is 9.90 Å². The number of rotatable bonds is 4. The van der Waals surface area contributed by atoms with E-state index in [0.717, 1.165) is 22.3 Å². The van der Waals surface area contributed by atoms with Crippen molar-refractivity contribution in [2.45, 2.75) is 52.0 Å². The van der Waals surface area contributed by atoms with Crippen LogP contribution in [0.4, 0.5) is 0 Å². The number of hydrogen-bond acceptors (Lipinski definition) is 1. The first-order valence-corrected chi connectivity index (χ1v) is 6.91. The van der Waals surface area contributed by atoms with E-state index in [4.69, 9.17) is 0 Å². The van der Waals surface area contributed by atoms with Gasteiger partial charge < -0.3 is 9.67 Å². The SMILES string of the molecule is CCC(C)c1c(Br)c(C(=O)O)c(C)n1C1CC1. The highest BCUT2D eigenvalue weighted by Gasteiger charge is 2.33. The summed E-state index contributed by atoms with van der Waals surface area (Å²) in [7, 11) is 0. The van der Waals surface area contributed by atoms with E-state index >= 15 is 0 Å². The fourth-order valence-corrected chi connectivity index (χ4v) is 3.43. The normalized spacial score (nSPS) is 17.2. The monoisotopic (exact) mass is 299 g/mol. The average molecular weight is 300 g/mol. The standard InChI is InChI=1S/C13H18BrNO2/c1-4-7(2)12-11(14)10(13(16)17)8(3)15(12)9-5-6-9/h7,9H,4-6H2,1-3H3,(H,16,17). The smallest absolute Gasteiger partial charge is 0.338 e. The lowest BCUT2D eigenvalue weighted by atomic mass is 10.0.